The van der Waals surface area contributed by atoms with Crippen LogP contribution in [0, 0.1) is 0 Å². The summed E-state index contributed by atoms with van der Waals surface area (Å²) in [4.78, 5) is 2.17. The molecule has 1 rings (SSSR count). The molecule has 0 saturated carbocycles. The van der Waals surface area contributed by atoms with E-state index in [1.165, 1.54) is 11.5 Å². The lowest BCUT2D eigenvalue weighted by Crippen LogP contribution is -2.21. The van der Waals surface area contributed by atoms with Crippen LogP contribution in [-0.2, 0) is 0 Å². The number of nitrogen functional groups attached to an aromatic ring is 1. The third-order valence-corrected chi connectivity index (χ3v) is 2.82. The van der Waals surface area contributed by atoms with Gasteiger partial charge in [0, 0.05) is 13.1 Å². The zero-order valence-electron chi connectivity index (χ0n) is 8.20. The van der Waals surface area contributed by atoms with Crippen LogP contribution < -0.4 is 15.4 Å². The quantitative estimate of drug-likeness (QED) is 0.803. The van der Waals surface area contributed by atoms with Crippen LogP contribution in [0.25, 0.3) is 0 Å². The fourth-order valence-corrected chi connectivity index (χ4v) is 2.10. The van der Waals surface area contributed by atoms with Gasteiger partial charge in [0.05, 0.1) is 7.11 Å². The first kappa shape index (κ1) is 10.1. The largest absolute Gasteiger partial charge is 0.490 e. The minimum absolute atomic E-state index is 0.481. The molecule has 0 fully saturated rings. The van der Waals surface area contributed by atoms with Gasteiger partial charge < -0.3 is 15.4 Å². The molecule has 2 N–H and O–H groups in total. The highest BCUT2D eigenvalue weighted by Crippen LogP contribution is 2.37. The molecule has 0 radical (unpaired) electrons. The number of hydrogen-bond donors (Lipinski definition) is 1. The molecule has 0 bridgehead atoms. The Morgan fingerprint density at radius 3 is 2.54 bits per heavy atom. The highest BCUT2D eigenvalue weighted by Gasteiger charge is 2.15. The summed E-state index contributed by atoms with van der Waals surface area (Å²) in [5, 5.41) is 1.02. The standard InChI is InChI=1S/C8H15N3OS/c1-4-11(5-2)8-6(12-3)7(9)10-13-8/h4-5H2,1-3H3,(H2,9,10). The average Bonchev–Trinajstić information content (AvgIpc) is 2.50. The van der Waals surface area contributed by atoms with Crippen molar-refractivity contribution in [3.8, 4) is 5.75 Å². The van der Waals surface area contributed by atoms with Crippen LogP contribution in [0.5, 0.6) is 5.75 Å². The van der Waals surface area contributed by atoms with Gasteiger partial charge in [-0.2, -0.15) is 4.37 Å². The van der Waals surface area contributed by atoms with Gasteiger partial charge in [-0.05, 0) is 25.4 Å². The molecule has 0 unspecified atom stereocenters. The van der Waals surface area contributed by atoms with Gasteiger partial charge in [-0.15, -0.1) is 0 Å². The van der Waals surface area contributed by atoms with Crippen LogP contribution >= 0.6 is 11.5 Å². The van der Waals surface area contributed by atoms with E-state index in [0.717, 1.165) is 18.1 Å². The van der Waals surface area contributed by atoms with Gasteiger partial charge in [0.2, 0.25) is 0 Å². The van der Waals surface area contributed by atoms with Crippen molar-refractivity contribution in [1.29, 1.82) is 0 Å². The predicted molar refractivity (Wildman–Crippen MR) is 56.6 cm³/mol. The fourth-order valence-electron chi connectivity index (χ4n) is 1.19. The lowest BCUT2D eigenvalue weighted by atomic mass is 10.4. The van der Waals surface area contributed by atoms with Gasteiger partial charge in [0.15, 0.2) is 16.6 Å². The molecule has 4 nitrogen and oxygen atoms in total. The van der Waals surface area contributed by atoms with Gasteiger partial charge in [-0.3, -0.25) is 0 Å². The lowest BCUT2D eigenvalue weighted by molar-refractivity contribution is 0.418. The Kier molecular flexibility index (Phi) is 3.36. The maximum absolute atomic E-state index is 5.65. The number of anilines is 2. The molecule has 0 amide bonds. The van der Waals surface area contributed by atoms with Crippen LogP contribution in [0.15, 0.2) is 0 Å². The van der Waals surface area contributed by atoms with Gasteiger partial charge in [0.25, 0.3) is 0 Å². The van der Waals surface area contributed by atoms with Crippen molar-refractivity contribution in [2.75, 3.05) is 30.8 Å². The Bertz CT molecular complexity index is 270. The average molecular weight is 201 g/mol. The molecule has 74 valence electrons. The van der Waals surface area contributed by atoms with Crippen molar-refractivity contribution in [2.24, 2.45) is 0 Å². The predicted octanol–water partition coefficient (Wildman–Crippen LogP) is 1.58. The molecular weight excluding hydrogens is 186 g/mol. The molecule has 1 aromatic heterocycles. The number of rotatable bonds is 4. The van der Waals surface area contributed by atoms with Crippen molar-refractivity contribution in [1.82, 2.24) is 4.37 Å². The van der Waals surface area contributed by atoms with Crippen molar-refractivity contribution >= 4 is 22.4 Å². The molecule has 13 heavy (non-hydrogen) atoms. The lowest BCUT2D eigenvalue weighted by Gasteiger charge is -2.18. The molecule has 0 aromatic carbocycles. The van der Waals surface area contributed by atoms with Crippen LogP contribution in [0.2, 0.25) is 0 Å². The minimum atomic E-state index is 0.481. The second kappa shape index (κ2) is 4.32. The first-order valence-corrected chi connectivity index (χ1v) is 5.06. The molecule has 5 heteroatoms. The van der Waals surface area contributed by atoms with E-state index in [1.807, 2.05) is 0 Å². The summed E-state index contributed by atoms with van der Waals surface area (Å²) in [7, 11) is 1.62. The summed E-state index contributed by atoms with van der Waals surface area (Å²) in [6, 6.07) is 0. The Balaban J connectivity index is 2.98. The molecule has 0 spiro atoms. The number of ether oxygens (including phenoxy) is 1. The minimum Gasteiger partial charge on any atom is -0.490 e. The highest BCUT2D eigenvalue weighted by atomic mass is 32.1. The first-order chi connectivity index (χ1) is 6.24. The zero-order valence-corrected chi connectivity index (χ0v) is 9.02. The Hall–Kier alpha value is -0.970. The van der Waals surface area contributed by atoms with Crippen molar-refractivity contribution in [3.05, 3.63) is 0 Å². The summed E-state index contributed by atoms with van der Waals surface area (Å²) in [6.45, 7) is 6.07. The molecule has 1 aromatic rings. The van der Waals surface area contributed by atoms with E-state index >= 15 is 0 Å². The SMILES string of the molecule is CCN(CC)c1snc(N)c1OC. The van der Waals surface area contributed by atoms with Crippen molar-refractivity contribution < 1.29 is 4.74 Å². The highest BCUT2D eigenvalue weighted by molar-refractivity contribution is 7.11. The monoisotopic (exact) mass is 201 g/mol. The van der Waals surface area contributed by atoms with Gasteiger partial charge >= 0.3 is 0 Å². The summed E-state index contributed by atoms with van der Waals surface area (Å²) in [6.07, 6.45) is 0. The smallest absolute Gasteiger partial charge is 0.197 e. The van der Waals surface area contributed by atoms with Crippen molar-refractivity contribution in [3.63, 3.8) is 0 Å². The molecule has 0 aliphatic carbocycles. The van der Waals surface area contributed by atoms with Crippen LogP contribution in [0.4, 0.5) is 10.8 Å². The van der Waals surface area contributed by atoms with Crippen LogP contribution in [-0.4, -0.2) is 24.6 Å². The number of aromatic nitrogens is 1. The summed E-state index contributed by atoms with van der Waals surface area (Å²) in [5.74, 6) is 1.18. The van der Waals surface area contributed by atoms with E-state index < -0.39 is 0 Å². The molecule has 0 saturated heterocycles. The molecule has 1 heterocycles. The van der Waals surface area contributed by atoms with E-state index in [2.05, 4.69) is 23.1 Å². The molecule has 0 atom stereocenters. The fraction of sp³-hybridized carbons (Fsp3) is 0.625. The Labute approximate surface area is 82.5 Å². The zero-order chi connectivity index (χ0) is 9.84. The first-order valence-electron chi connectivity index (χ1n) is 4.28. The summed E-state index contributed by atoms with van der Waals surface area (Å²) < 4.78 is 9.24. The van der Waals surface area contributed by atoms with E-state index in [1.54, 1.807) is 7.11 Å². The molecule has 0 aliphatic rings. The second-order valence-corrected chi connectivity index (χ2v) is 3.33. The third-order valence-electron chi connectivity index (χ3n) is 1.91. The maximum Gasteiger partial charge on any atom is 0.197 e. The topological polar surface area (TPSA) is 51.4 Å². The van der Waals surface area contributed by atoms with E-state index in [9.17, 15) is 0 Å². The normalized spacial score (nSPS) is 10.1. The number of hydrogen-bond acceptors (Lipinski definition) is 5. The van der Waals surface area contributed by atoms with E-state index in [-0.39, 0.29) is 0 Å². The maximum atomic E-state index is 5.65. The van der Waals surface area contributed by atoms with Gasteiger partial charge in [0.1, 0.15) is 0 Å². The summed E-state index contributed by atoms with van der Waals surface area (Å²) >= 11 is 1.38. The number of nitrogens with zero attached hydrogens (tertiary/aromatic N) is 2. The van der Waals surface area contributed by atoms with Crippen molar-refractivity contribution in [2.45, 2.75) is 13.8 Å². The van der Waals surface area contributed by atoms with Gasteiger partial charge in [-0.25, -0.2) is 0 Å². The van der Waals surface area contributed by atoms with Gasteiger partial charge in [-0.1, -0.05) is 0 Å². The molecular formula is C8H15N3OS. The number of nitrogens with two attached hydrogens (primary N) is 1. The van der Waals surface area contributed by atoms with Crippen LogP contribution in [0.3, 0.4) is 0 Å². The van der Waals surface area contributed by atoms with E-state index in [0.29, 0.717) is 11.6 Å². The third kappa shape index (κ3) is 1.85. The molecule has 0 aliphatic heterocycles. The Morgan fingerprint density at radius 1 is 1.46 bits per heavy atom. The van der Waals surface area contributed by atoms with Crippen LogP contribution in [0.1, 0.15) is 13.8 Å². The second-order valence-electron chi connectivity index (χ2n) is 2.58. The number of methoxy groups -OCH3 is 1. The summed E-state index contributed by atoms with van der Waals surface area (Å²) in [5.41, 5.74) is 5.65. The van der Waals surface area contributed by atoms with E-state index in [4.69, 9.17) is 10.5 Å². The Morgan fingerprint density at radius 2 is 2.08 bits per heavy atom.